The minimum Gasteiger partial charge on any atom is -0.310 e. The van der Waals surface area contributed by atoms with E-state index in [1.165, 1.54) is 23.1 Å². The quantitative estimate of drug-likeness (QED) is 0.842. The van der Waals surface area contributed by atoms with Crippen LogP contribution in [-0.2, 0) is 6.42 Å². The van der Waals surface area contributed by atoms with E-state index in [0.717, 1.165) is 19.4 Å². The van der Waals surface area contributed by atoms with E-state index in [1.807, 2.05) is 0 Å². The molecule has 3 rings (SSSR count). The standard InChI is InChI=1S/C15H20FN/c1-3-6-17-15-9(2)12-5-4-10-7-11(16)8-13(15)14(10)12/h7-9,12,15,17H,3-6H2,1-2H3. The van der Waals surface area contributed by atoms with E-state index < -0.39 is 0 Å². The van der Waals surface area contributed by atoms with Crippen molar-refractivity contribution < 1.29 is 4.39 Å². The second kappa shape index (κ2) is 4.09. The molecule has 0 spiro atoms. The molecule has 0 saturated heterocycles. The Hall–Kier alpha value is -0.890. The van der Waals surface area contributed by atoms with Gasteiger partial charge in [-0.05, 0) is 66.5 Å². The summed E-state index contributed by atoms with van der Waals surface area (Å²) < 4.78 is 13.6. The Bertz CT molecular complexity index is 441. The SMILES string of the molecule is CCCNC1c2cc(F)cc3c2C(CC3)C1C. The van der Waals surface area contributed by atoms with Gasteiger partial charge in [-0.3, -0.25) is 0 Å². The van der Waals surface area contributed by atoms with Gasteiger partial charge in [0, 0.05) is 6.04 Å². The van der Waals surface area contributed by atoms with Crippen LogP contribution in [0.4, 0.5) is 4.39 Å². The Morgan fingerprint density at radius 3 is 3.00 bits per heavy atom. The average Bonchev–Trinajstić information content (AvgIpc) is 2.82. The van der Waals surface area contributed by atoms with Gasteiger partial charge in [0.15, 0.2) is 0 Å². The monoisotopic (exact) mass is 233 g/mol. The number of hydrogen-bond acceptors (Lipinski definition) is 1. The van der Waals surface area contributed by atoms with Gasteiger partial charge >= 0.3 is 0 Å². The van der Waals surface area contributed by atoms with Gasteiger partial charge in [-0.15, -0.1) is 0 Å². The smallest absolute Gasteiger partial charge is 0.123 e. The van der Waals surface area contributed by atoms with Gasteiger partial charge in [0.05, 0.1) is 0 Å². The van der Waals surface area contributed by atoms with Crippen molar-refractivity contribution in [3.63, 3.8) is 0 Å². The van der Waals surface area contributed by atoms with Gasteiger partial charge in [0.2, 0.25) is 0 Å². The summed E-state index contributed by atoms with van der Waals surface area (Å²) in [7, 11) is 0. The lowest BCUT2D eigenvalue weighted by Gasteiger charge is -2.21. The van der Waals surface area contributed by atoms with E-state index in [9.17, 15) is 4.39 Å². The van der Waals surface area contributed by atoms with E-state index in [2.05, 4.69) is 19.2 Å². The highest BCUT2D eigenvalue weighted by Crippen LogP contribution is 2.52. The molecule has 2 heteroatoms. The van der Waals surface area contributed by atoms with Crippen LogP contribution in [-0.4, -0.2) is 6.54 Å². The molecule has 1 nitrogen and oxygen atoms in total. The Morgan fingerprint density at radius 2 is 2.24 bits per heavy atom. The summed E-state index contributed by atoms with van der Waals surface area (Å²) in [5, 5.41) is 3.59. The molecule has 0 aliphatic heterocycles. The van der Waals surface area contributed by atoms with Crippen molar-refractivity contribution in [1.29, 1.82) is 0 Å². The van der Waals surface area contributed by atoms with Gasteiger partial charge in [0.1, 0.15) is 5.82 Å². The van der Waals surface area contributed by atoms with Crippen molar-refractivity contribution in [2.75, 3.05) is 6.54 Å². The first-order chi connectivity index (χ1) is 8.22. The fraction of sp³-hybridized carbons (Fsp3) is 0.600. The Morgan fingerprint density at radius 1 is 1.41 bits per heavy atom. The van der Waals surface area contributed by atoms with E-state index >= 15 is 0 Å². The molecule has 3 atom stereocenters. The summed E-state index contributed by atoms with van der Waals surface area (Å²) >= 11 is 0. The molecule has 0 aromatic heterocycles. The molecule has 0 radical (unpaired) electrons. The largest absolute Gasteiger partial charge is 0.310 e. The molecule has 0 heterocycles. The van der Waals surface area contributed by atoms with E-state index in [0.29, 0.717) is 17.9 Å². The molecule has 17 heavy (non-hydrogen) atoms. The highest BCUT2D eigenvalue weighted by molar-refractivity contribution is 5.48. The van der Waals surface area contributed by atoms with Crippen LogP contribution >= 0.6 is 0 Å². The third-order valence-electron chi connectivity index (χ3n) is 4.47. The van der Waals surface area contributed by atoms with Gasteiger partial charge in [-0.1, -0.05) is 13.8 Å². The summed E-state index contributed by atoms with van der Waals surface area (Å²) in [6, 6.07) is 3.87. The third-order valence-corrected chi connectivity index (χ3v) is 4.47. The molecular weight excluding hydrogens is 213 g/mol. The number of nitrogens with one attached hydrogen (secondary N) is 1. The van der Waals surface area contributed by atoms with Crippen molar-refractivity contribution in [3.8, 4) is 0 Å². The van der Waals surface area contributed by atoms with Crippen LogP contribution in [0.5, 0.6) is 0 Å². The molecule has 0 fully saturated rings. The summed E-state index contributed by atoms with van der Waals surface area (Å²) in [4.78, 5) is 0. The molecule has 0 saturated carbocycles. The maximum Gasteiger partial charge on any atom is 0.123 e. The molecule has 0 bridgehead atoms. The summed E-state index contributed by atoms with van der Waals surface area (Å²) in [5.74, 6) is 1.21. The maximum absolute atomic E-state index is 13.6. The first-order valence-electron chi connectivity index (χ1n) is 6.78. The Labute approximate surface area is 102 Å². The molecule has 0 amide bonds. The highest BCUT2D eigenvalue weighted by Gasteiger charge is 2.41. The molecule has 1 N–H and O–H groups in total. The van der Waals surface area contributed by atoms with Gasteiger partial charge in [0.25, 0.3) is 0 Å². The van der Waals surface area contributed by atoms with Crippen LogP contribution in [0, 0.1) is 11.7 Å². The van der Waals surface area contributed by atoms with Crippen molar-refractivity contribution in [1.82, 2.24) is 5.32 Å². The molecule has 1 aromatic rings. The van der Waals surface area contributed by atoms with E-state index in [4.69, 9.17) is 0 Å². The summed E-state index contributed by atoms with van der Waals surface area (Å²) in [6.07, 6.45) is 3.40. The van der Waals surface area contributed by atoms with Crippen LogP contribution < -0.4 is 5.32 Å². The van der Waals surface area contributed by atoms with Crippen LogP contribution in [0.25, 0.3) is 0 Å². The van der Waals surface area contributed by atoms with E-state index in [-0.39, 0.29) is 5.82 Å². The lowest BCUT2D eigenvalue weighted by Crippen LogP contribution is -2.26. The molecular formula is C15H20FN. The predicted octanol–water partition coefficient (Wildman–Crippen LogP) is 3.55. The Kier molecular flexibility index (Phi) is 2.70. The maximum atomic E-state index is 13.6. The number of benzene rings is 1. The first-order valence-corrected chi connectivity index (χ1v) is 6.78. The minimum absolute atomic E-state index is 0.0585. The lowest BCUT2D eigenvalue weighted by molar-refractivity contribution is 0.362. The number of halogens is 1. The lowest BCUT2D eigenvalue weighted by atomic mass is 9.92. The van der Waals surface area contributed by atoms with Gasteiger partial charge in [-0.2, -0.15) is 0 Å². The van der Waals surface area contributed by atoms with E-state index in [1.54, 1.807) is 12.1 Å². The average molecular weight is 233 g/mol. The van der Waals surface area contributed by atoms with Gasteiger partial charge in [-0.25, -0.2) is 4.39 Å². The Balaban J connectivity index is 2.02. The fourth-order valence-electron chi connectivity index (χ4n) is 3.71. The van der Waals surface area contributed by atoms with Crippen molar-refractivity contribution in [3.05, 3.63) is 34.6 Å². The second-order valence-corrected chi connectivity index (χ2v) is 5.50. The molecule has 1 aromatic carbocycles. The number of aryl methyl sites for hydroxylation is 1. The zero-order valence-corrected chi connectivity index (χ0v) is 10.6. The van der Waals surface area contributed by atoms with Crippen LogP contribution in [0.1, 0.15) is 55.3 Å². The number of hydrogen-bond donors (Lipinski definition) is 1. The zero-order chi connectivity index (χ0) is 12.0. The van der Waals surface area contributed by atoms with Crippen LogP contribution in [0.2, 0.25) is 0 Å². The van der Waals surface area contributed by atoms with Crippen molar-refractivity contribution in [2.24, 2.45) is 5.92 Å². The second-order valence-electron chi connectivity index (χ2n) is 5.50. The van der Waals surface area contributed by atoms with Crippen molar-refractivity contribution in [2.45, 2.75) is 45.1 Å². The van der Waals surface area contributed by atoms with Crippen molar-refractivity contribution >= 4 is 0 Å². The topological polar surface area (TPSA) is 12.0 Å². The van der Waals surface area contributed by atoms with Gasteiger partial charge < -0.3 is 5.32 Å². The zero-order valence-electron chi connectivity index (χ0n) is 10.6. The summed E-state index contributed by atoms with van der Waals surface area (Å²) in [6.45, 7) is 5.51. The minimum atomic E-state index is -0.0585. The first kappa shape index (κ1) is 11.2. The molecule has 2 aliphatic rings. The highest BCUT2D eigenvalue weighted by atomic mass is 19.1. The molecule has 92 valence electrons. The fourth-order valence-corrected chi connectivity index (χ4v) is 3.71. The molecule has 3 unspecified atom stereocenters. The predicted molar refractivity (Wildman–Crippen MR) is 67.7 cm³/mol. The van der Waals surface area contributed by atoms with Crippen LogP contribution in [0.15, 0.2) is 12.1 Å². The third kappa shape index (κ3) is 1.61. The molecule has 2 aliphatic carbocycles. The van der Waals surface area contributed by atoms with Crippen LogP contribution in [0.3, 0.4) is 0 Å². The normalized spacial score (nSPS) is 29.7. The number of rotatable bonds is 3. The summed E-state index contributed by atoms with van der Waals surface area (Å²) in [5.41, 5.74) is 3.97.